The highest BCUT2D eigenvalue weighted by atomic mass is 32.2. The summed E-state index contributed by atoms with van der Waals surface area (Å²) in [7, 11) is -3.63. The molecule has 0 bridgehead atoms. The smallest absolute Gasteiger partial charge is 0.268 e. The lowest BCUT2D eigenvalue weighted by atomic mass is 10.7. The lowest BCUT2D eigenvalue weighted by Gasteiger charge is -2.14. The van der Waals surface area contributed by atoms with Gasteiger partial charge in [0.15, 0.2) is 6.23 Å². The molecule has 0 saturated heterocycles. The van der Waals surface area contributed by atoms with Crippen LogP contribution in [0.4, 0.5) is 0 Å². The third-order valence-electron chi connectivity index (χ3n) is 0.965. The van der Waals surface area contributed by atoms with E-state index in [1.807, 2.05) is 0 Å². The van der Waals surface area contributed by atoms with Crippen molar-refractivity contribution in [3.05, 3.63) is 0 Å². The molecule has 1 unspecified atom stereocenters. The van der Waals surface area contributed by atoms with Crippen molar-refractivity contribution in [3.63, 3.8) is 0 Å². The minimum Gasteiger partial charge on any atom is -0.287 e. The molecule has 0 aromatic carbocycles. The van der Waals surface area contributed by atoms with E-state index in [4.69, 9.17) is 10.4 Å². The van der Waals surface area contributed by atoms with E-state index in [-0.39, 0.29) is 11.0 Å². The van der Waals surface area contributed by atoms with E-state index in [0.717, 1.165) is 0 Å². The molecule has 0 rings (SSSR count). The van der Waals surface area contributed by atoms with Gasteiger partial charge in [-0.1, -0.05) is 0 Å². The van der Waals surface area contributed by atoms with Gasteiger partial charge in [0.2, 0.25) is 0 Å². The zero-order chi connectivity index (χ0) is 9.07. The van der Waals surface area contributed by atoms with Gasteiger partial charge in [-0.05, 0) is 19.1 Å². The summed E-state index contributed by atoms with van der Waals surface area (Å²) in [5, 5.41) is 16.2. The van der Waals surface area contributed by atoms with Gasteiger partial charge in [-0.3, -0.25) is 10.4 Å². The topological polar surface area (TPSA) is 87.1 Å². The maximum atomic E-state index is 10.6. The Morgan fingerprint density at radius 2 is 2.00 bits per heavy atom. The van der Waals surface area contributed by atoms with Gasteiger partial charge >= 0.3 is 0 Å². The van der Waals surface area contributed by atoms with Crippen LogP contribution in [0.15, 0.2) is 0 Å². The number of rotatable bonds is 4. The maximum Gasteiger partial charge on any atom is 0.268 e. The monoisotopic (exact) mass is 185 g/mol. The molecule has 68 valence electrons. The van der Waals surface area contributed by atoms with Gasteiger partial charge in [0, 0.05) is 0 Å². The molecule has 0 aliphatic carbocycles. The summed E-state index contributed by atoms with van der Waals surface area (Å²) < 4.78 is 25.5. The molecule has 2 N–H and O–H groups in total. The van der Waals surface area contributed by atoms with Crippen LogP contribution in [0.25, 0.3) is 0 Å². The molecule has 0 amide bonds. The van der Waals surface area contributed by atoms with Crippen LogP contribution in [-0.4, -0.2) is 36.0 Å². The molecule has 6 nitrogen and oxygen atoms in total. The lowest BCUT2D eigenvalue weighted by molar-refractivity contribution is -0.359. The molecule has 0 fully saturated rings. The first-order chi connectivity index (χ1) is 4.89. The normalized spacial score (nSPS) is 15.4. The summed E-state index contributed by atoms with van der Waals surface area (Å²) in [5.74, 6) is -0.203. The lowest BCUT2D eigenvalue weighted by Crippen LogP contribution is -2.31. The molecule has 1 atom stereocenters. The van der Waals surface area contributed by atoms with Gasteiger partial charge < -0.3 is 0 Å². The molecule has 7 heteroatoms. The molecule has 0 aromatic heterocycles. The Hall–Kier alpha value is -0.210. The third-order valence-corrected chi connectivity index (χ3v) is 2.24. The molecular formula is C4H11NO5S. The summed E-state index contributed by atoms with van der Waals surface area (Å²) in [4.78, 5) is 0. The first kappa shape index (κ1) is 10.8. The van der Waals surface area contributed by atoms with Crippen molar-refractivity contribution < 1.29 is 23.0 Å². The van der Waals surface area contributed by atoms with Crippen LogP contribution in [0.1, 0.15) is 13.8 Å². The zero-order valence-electron chi connectivity index (χ0n) is 6.26. The van der Waals surface area contributed by atoms with Gasteiger partial charge in [-0.2, -0.15) is 8.42 Å². The minimum absolute atomic E-state index is 0.203. The van der Waals surface area contributed by atoms with E-state index in [2.05, 4.69) is 4.18 Å². The van der Waals surface area contributed by atoms with E-state index >= 15 is 0 Å². The van der Waals surface area contributed by atoms with E-state index in [1.54, 1.807) is 0 Å². The second-order valence-corrected chi connectivity index (χ2v) is 3.75. The third kappa shape index (κ3) is 4.27. The predicted octanol–water partition coefficient (Wildman–Crippen LogP) is -0.221. The van der Waals surface area contributed by atoms with Crippen LogP contribution in [0.3, 0.4) is 0 Å². The molecule has 0 saturated carbocycles. The predicted molar refractivity (Wildman–Crippen MR) is 35.4 cm³/mol. The second-order valence-electron chi connectivity index (χ2n) is 1.86. The van der Waals surface area contributed by atoms with Gasteiger partial charge in [0.05, 0.1) is 5.75 Å². The number of hydrogen-bond acceptors (Lipinski definition) is 6. The molecule has 0 aliphatic heterocycles. The van der Waals surface area contributed by atoms with Crippen molar-refractivity contribution in [1.29, 1.82) is 0 Å². The average Bonchev–Trinajstić information content (AvgIpc) is 1.87. The number of nitrogens with zero attached hydrogens (tertiary/aromatic N) is 1. The Kier molecular flexibility index (Phi) is 3.90. The molecule has 0 aromatic rings. The van der Waals surface area contributed by atoms with Crippen molar-refractivity contribution in [3.8, 4) is 0 Å². The van der Waals surface area contributed by atoms with Gasteiger partial charge in [-0.25, -0.2) is 4.18 Å². The highest BCUT2D eigenvalue weighted by Gasteiger charge is 2.17. The molecule has 0 radical (unpaired) electrons. The van der Waals surface area contributed by atoms with Crippen LogP contribution in [0.5, 0.6) is 0 Å². The van der Waals surface area contributed by atoms with Gasteiger partial charge in [0.25, 0.3) is 10.1 Å². The Bertz CT molecular complexity index is 199. The van der Waals surface area contributed by atoms with E-state index in [9.17, 15) is 8.42 Å². The summed E-state index contributed by atoms with van der Waals surface area (Å²) in [6.07, 6.45) is -1.28. The molecule has 0 spiro atoms. The molecule has 11 heavy (non-hydrogen) atoms. The molecule has 0 aliphatic rings. The summed E-state index contributed by atoms with van der Waals surface area (Å²) in [6, 6.07) is 0. The summed E-state index contributed by atoms with van der Waals surface area (Å²) in [6.45, 7) is 2.58. The summed E-state index contributed by atoms with van der Waals surface area (Å²) in [5.41, 5.74) is 0. The van der Waals surface area contributed by atoms with Crippen LogP contribution in [0.2, 0.25) is 0 Å². The first-order valence-corrected chi connectivity index (χ1v) is 4.54. The SMILES string of the molecule is CCS(=O)(=O)OC(C)N(O)O. The zero-order valence-corrected chi connectivity index (χ0v) is 7.08. The average molecular weight is 185 g/mol. The van der Waals surface area contributed by atoms with E-state index in [0.29, 0.717) is 0 Å². The quantitative estimate of drug-likeness (QED) is 0.357. The van der Waals surface area contributed by atoms with E-state index < -0.39 is 16.3 Å². The van der Waals surface area contributed by atoms with Gasteiger partial charge in [-0.15, -0.1) is 0 Å². The highest BCUT2D eigenvalue weighted by Crippen LogP contribution is 2.00. The Balaban J connectivity index is 4.05. The first-order valence-electron chi connectivity index (χ1n) is 2.97. The van der Waals surface area contributed by atoms with Crippen molar-refractivity contribution in [2.24, 2.45) is 0 Å². The Labute approximate surface area is 65.0 Å². The minimum atomic E-state index is -3.63. The Morgan fingerprint density at radius 1 is 1.55 bits per heavy atom. The maximum absolute atomic E-state index is 10.6. The van der Waals surface area contributed by atoms with Crippen molar-refractivity contribution in [1.82, 2.24) is 5.23 Å². The molecule has 0 heterocycles. The largest absolute Gasteiger partial charge is 0.287 e. The van der Waals surface area contributed by atoms with Crippen LogP contribution >= 0.6 is 0 Å². The fourth-order valence-electron chi connectivity index (χ4n) is 0.319. The number of hydrogen-bond donors (Lipinski definition) is 2. The van der Waals surface area contributed by atoms with Crippen molar-refractivity contribution in [2.45, 2.75) is 20.1 Å². The van der Waals surface area contributed by atoms with Gasteiger partial charge in [0.1, 0.15) is 0 Å². The van der Waals surface area contributed by atoms with E-state index in [1.165, 1.54) is 13.8 Å². The fourth-order valence-corrected chi connectivity index (χ4v) is 0.956. The van der Waals surface area contributed by atoms with Crippen LogP contribution in [0, 0.1) is 0 Å². The number of hydroxylamine groups is 2. The summed E-state index contributed by atoms with van der Waals surface area (Å²) >= 11 is 0. The van der Waals surface area contributed by atoms with Crippen LogP contribution < -0.4 is 0 Å². The van der Waals surface area contributed by atoms with Crippen molar-refractivity contribution in [2.75, 3.05) is 5.75 Å². The Morgan fingerprint density at radius 3 is 2.27 bits per heavy atom. The molecular weight excluding hydrogens is 174 g/mol. The van der Waals surface area contributed by atoms with Crippen LogP contribution in [-0.2, 0) is 14.3 Å². The second kappa shape index (κ2) is 3.98. The standard InChI is InChI=1S/C4H11NO5S/c1-3-11(8,9)10-4(2)5(6)7/h4,6-7H,3H2,1-2H3. The highest BCUT2D eigenvalue weighted by molar-refractivity contribution is 7.86. The van der Waals surface area contributed by atoms with Crippen molar-refractivity contribution >= 4 is 10.1 Å². The fraction of sp³-hybridized carbons (Fsp3) is 1.00.